The molecular weight excluding hydrogens is 130 g/mol. The monoisotopic (exact) mass is 135 g/mol. The molecule has 2 heteroatoms. The molecule has 0 aliphatic rings. The SMILES string of the molecule is [S-][N+]#Cc1ccccc1. The Labute approximate surface area is 59.7 Å². The summed E-state index contributed by atoms with van der Waals surface area (Å²) < 4.78 is 3.34. The van der Waals surface area contributed by atoms with E-state index in [4.69, 9.17) is 0 Å². The standard InChI is InChI=1S/C7H5NS/c9-8-6-7-4-2-1-3-5-7/h1-5H. The van der Waals surface area contributed by atoms with Crippen molar-refractivity contribution in [3.8, 4) is 6.07 Å². The van der Waals surface area contributed by atoms with Gasteiger partial charge in [0.05, 0.1) is 5.56 Å². The van der Waals surface area contributed by atoms with Crippen LogP contribution in [0.25, 0.3) is 4.25 Å². The van der Waals surface area contributed by atoms with Crippen LogP contribution in [0.5, 0.6) is 0 Å². The molecule has 1 rings (SSSR count). The predicted molar refractivity (Wildman–Crippen MR) is 40.2 cm³/mol. The van der Waals surface area contributed by atoms with Crippen molar-refractivity contribution in [1.29, 1.82) is 0 Å². The lowest BCUT2D eigenvalue weighted by atomic mass is 10.2. The summed E-state index contributed by atoms with van der Waals surface area (Å²) in [5.74, 6) is 0. The molecule has 0 heterocycles. The summed E-state index contributed by atoms with van der Waals surface area (Å²) >= 11 is 4.35. The van der Waals surface area contributed by atoms with Crippen molar-refractivity contribution in [1.82, 2.24) is 0 Å². The smallest absolute Gasteiger partial charge is 0.263 e. The summed E-state index contributed by atoms with van der Waals surface area (Å²) in [4.78, 5) is 0. The first-order chi connectivity index (χ1) is 4.43. The van der Waals surface area contributed by atoms with E-state index in [1.807, 2.05) is 30.3 Å². The molecule has 0 spiro atoms. The summed E-state index contributed by atoms with van der Waals surface area (Å²) in [6.07, 6.45) is 0. The number of hydrogen-bond acceptors (Lipinski definition) is 1. The molecule has 0 saturated heterocycles. The zero-order valence-corrected chi connectivity index (χ0v) is 5.56. The maximum absolute atomic E-state index is 4.35. The van der Waals surface area contributed by atoms with Gasteiger partial charge >= 0.3 is 0 Å². The van der Waals surface area contributed by atoms with Gasteiger partial charge in [0.1, 0.15) is 0 Å². The van der Waals surface area contributed by atoms with E-state index in [1.54, 1.807) is 0 Å². The molecule has 0 bridgehead atoms. The molecule has 0 radical (unpaired) electrons. The molecule has 1 nitrogen and oxygen atoms in total. The third-order valence-electron chi connectivity index (χ3n) is 0.949. The Balaban J connectivity index is 2.94. The largest absolute Gasteiger partial charge is 0.291 e. The lowest BCUT2D eigenvalue weighted by Gasteiger charge is -1.78. The fraction of sp³-hybridized carbons (Fsp3) is 0. The van der Waals surface area contributed by atoms with E-state index in [9.17, 15) is 0 Å². The Morgan fingerprint density at radius 3 is 2.44 bits per heavy atom. The van der Waals surface area contributed by atoms with Crippen molar-refractivity contribution in [2.45, 2.75) is 0 Å². The van der Waals surface area contributed by atoms with E-state index in [-0.39, 0.29) is 0 Å². The van der Waals surface area contributed by atoms with Crippen molar-refractivity contribution in [2.24, 2.45) is 0 Å². The van der Waals surface area contributed by atoms with Gasteiger partial charge in [-0.1, -0.05) is 18.2 Å². The van der Waals surface area contributed by atoms with Gasteiger partial charge in [0.2, 0.25) is 0 Å². The first-order valence-electron chi connectivity index (χ1n) is 2.57. The van der Waals surface area contributed by atoms with Gasteiger partial charge in [-0.05, 0) is 12.1 Å². The van der Waals surface area contributed by atoms with Crippen molar-refractivity contribution >= 4 is 12.8 Å². The van der Waals surface area contributed by atoms with Gasteiger partial charge in [0, 0.05) is 0 Å². The Kier molecular flexibility index (Phi) is 2.06. The topological polar surface area (TPSA) is 4.36 Å². The highest BCUT2D eigenvalue weighted by Crippen LogP contribution is 1.94. The van der Waals surface area contributed by atoms with Crippen LogP contribution in [-0.4, -0.2) is 0 Å². The first kappa shape index (κ1) is 6.06. The van der Waals surface area contributed by atoms with Crippen LogP contribution in [0.1, 0.15) is 5.56 Å². The highest BCUT2D eigenvalue weighted by molar-refractivity contribution is 7.61. The minimum absolute atomic E-state index is 0.924. The van der Waals surface area contributed by atoms with E-state index < -0.39 is 0 Å². The maximum atomic E-state index is 4.35. The lowest BCUT2D eigenvalue weighted by Crippen LogP contribution is -1.66. The molecule has 0 unspecified atom stereocenters. The van der Waals surface area contributed by atoms with E-state index >= 15 is 0 Å². The summed E-state index contributed by atoms with van der Waals surface area (Å²) in [5.41, 5.74) is 0.924. The minimum atomic E-state index is 0.924. The van der Waals surface area contributed by atoms with Crippen LogP contribution in [-0.2, 0) is 12.8 Å². The van der Waals surface area contributed by atoms with E-state index in [0.29, 0.717) is 0 Å². The highest BCUT2D eigenvalue weighted by atomic mass is 32.1. The third kappa shape index (κ3) is 1.71. The zero-order valence-electron chi connectivity index (χ0n) is 4.74. The quantitative estimate of drug-likeness (QED) is 0.491. The summed E-state index contributed by atoms with van der Waals surface area (Å²) in [6, 6.07) is 12.2. The highest BCUT2D eigenvalue weighted by Gasteiger charge is 1.85. The van der Waals surface area contributed by atoms with Crippen LogP contribution in [0.4, 0.5) is 0 Å². The Hall–Kier alpha value is -1.07. The molecule has 0 atom stereocenters. The van der Waals surface area contributed by atoms with E-state index in [2.05, 4.69) is 23.1 Å². The van der Waals surface area contributed by atoms with Gasteiger partial charge in [-0.25, -0.2) is 0 Å². The number of benzene rings is 1. The van der Waals surface area contributed by atoms with Crippen LogP contribution in [0, 0.1) is 6.07 Å². The molecule has 1 aromatic carbocycles. The molecule has 9 heavy (non-hydrogen) atoms. The Morgan fingerprint density at radius 1 is 1.22 bits per heavy atom. The lowest BCUT2D eigenvalue weighted by molar-refractivity contribution is 1.65. The number of rotatable bonds is 0. The fourth-order valence-corrected chi connectivity index (χ4v) is 0.671. The van der Waals surface area contributed by atoms with Crippen LogP contribution < -0.4 is 0 Å². The van der Waals surface area contributed by atoms with E-state index in [0.717, 1.165) is 5.56 Å². The van der Waals surface area contributed by atoms with Crippen LogP contribution in [0.2, 0.25) is 0 Å². The number of nitrogens with zero attached hydrogens (tertiary/aromatic N) is 1. The molecule has 0 saturated carbocycles. The summed E-state index contributed by atoms with van der Waals surface area (Å²) in [5, 5.41) is 0. The normalized spacial score (nSPS) is 7.56. The molecule has 0 fully saturated rings. The average molecular weight is 135 g/mol. The van der Waals surface area contributed by atoms with Gasteiger partial charge < -0.3 is 0 Å². The Bertz CT molecular complexity index is 232. The summed E-state index contributed by atoms with van der Waals surface area (Å²) in [7, 11) is 0. The summed E-state index contributed by atoms with van der Waals surface area (Å²) in [6.45, 7) is 0. The van der Waals surface area contributed by atoms with Crippen LogP contribution in [0.3, 0.4) is 0 Å². The van der Waals surface area contributed by atoms with Gasteiger partial charge in [-0.15, -0.1) is 0 Å². The van der Waals surface area contributed by atoms with Crippen molar-refractivity contribution in [3.63, 3.8) is 0 Å². The van der Waals surface area contributed by atoms with Gasteiger partial charge in [0.25, 0.3) is 6.07 Å². The van der Waals surface area contributed by atoms with Gasteiger partial charge in [-0.2, -0.15) is 4.25 Å². The minimum Gasteiger partial charge on any atom is -0.263 e. The molecule has 0 aliphatic heterocycles. The molecule has 0 aromatic heterocycles. The van der Waals surface area contributed by atoms with Crippen molar-refractivity contribution < 1.29 is 0 Å². The van der Waals surface area contributed by atoms with Crippen molar-refractivity contribution in [3.05, 3.63) is 40.1 Å². The molecule has 0 N–H and O–H groups in total. The van der Waals surface area contributed by atoms with Crippen LogP contribution >= 0.6 is 0 Å². The maximum Gasteiger partial charge on any atom is 0.291 e. The second-order valence-electron chi connectivity index (χ2n) is 1.57. The van der Waals surface area contributed by atoms with E-state index in [1.165, 1.54) is 0 Å². The van der Waals surface area contributed by atoms with Gasteiger partial charge in [0.15, 0.2) is 0 Å². The fourth-order valence-electron chi connectivity index (χ4n) is 0.565. The second kappa shape index (κ2) is 3.06. The second-order valence-corrected chi connectivity index (χ2v) is 1.75. The van der Waals surface area contributed by atoms with Gasteiger partial charge in [-0.3, -0.25) is 12.8 Å². The molecule has 44 valence electrons. The van der Waals surface area contributed by atoms with Crippen molar-refractivity contribution in [2.75, 3.05) is 0 Å². The zero-order chi connectivity index (χ0) is 6.53. The number of hydrogen-bond donors (Lipinski definition) is 0. The predicted octanol–water partition coefficient (Wildman–Crippen LogP) is 1.83. The molecule has 1 aromatic rings. The third-order valence-corrected chi connectivity index (χ3v) is 1.04. The average Bonchev–Trinajstić information content (AvgIpc) is 1.91. The molecular formula is C7H5NS. The first-order valence-corrected chi connectivity index (χ1v) is 2.93. The molecule has 0 aliphatic carbocycles. The molecule has 0 amide bonds. The Morgan fingerprint density at radius 2 is 1.89 bits per heavy atom. The van der Waals surface area contributed by atoms with Crippen LogP contribution in [0.15, 0.2) is 30.3 Å².